The summed E-state index contributed by atoms with van der Waals surface area (Å²) in [5.41, 5.74) is 0.120. The van der Waals surface area contributed by atoms with Crippen LogP contribution in [0.3, 0.4) is 0 Å². The first kappa shape index (κ1) is 116. The van der Waals surface area contributed by atoms with Crippen LogP contribution in [0.2, 0.25) is 0 Å². The molecule has 0 amide bonds. The molecule has 5 unspecified atom stereocenters. The van der Waals surface area contributed by atoms with Gasteiger partial charge in [-0.25, -0.2) is 57.5 Å². The van der Waals surface area contributed by atoms with Crippen molar-refractivity contribution in [2.24, 2.45) is 35.5 Å². The monoisotopic (exact) mass is 2050 g/mol. The van der Waals surface area contributed by atoms with Crippen molar-refractivity contribution < 1.29 is 143 Å². The number of carbonyl (C=O) groups is 12. The van der Waals surface area contributed by atoms with E-state index in [1.54, 1.807) is 72.8 Å². The molecule has 0 saturated heterocycles. The van der Waals surface area contributed by atoms with Crippen LogP contribution in [0, 0.1) is 35.5 Å². The van der Waals surface area contributed by atoms with Crippen molar-refractivity contribution in [2.45, 2.75) is 157 Å². The quantitative estimate of drug-likeness (QED) is 0.00853. The van der Waals surface area contributed by atoms with E-state index in [1.165, 1.54) is 109 Å². The topological polar surface area (TPSA) is 371 Å². The third-order valence-corrected chi connectivity index (χ3v) is 24.7. The van der Waals surface area contributed by atoms with Crippen LogP contribution < -0.4 is 56.8 Å². The number of fused-ring (bicyclic) bond motifs is 6. The zero-order valence-corrected chi connectivity index (χ0v) is 86.0. The summed E-state index contributed by atoms with van der Waals surface area (Å²) in [6, 6.07) is 45.5. The zero-order valence-electron chi connectivity index (χ0n) is 86.0. The van der Waals surface area contributed by atoms with Gasteiger partial charge in [-0.05, 0) is 365 Å². The lowest BCUT2D eigenvalue weighted by molar-refractivity contribution is -0.139. The first-order valence-corrected chi connectivity index (χ1v) is 50.5. The molecule has 0 aliphatic heterocycles. The molecule has 30 nitrogen and oxygen atoms in total. The molecule has 10 rings (SSSR count). The van der Waals surface area contributed by atoms with Crippen molar-refractivity contribution in [3.05, 3.63) is 291 Å². The molecule has 0 aliphatic carbocycles. The fourth-order valence-corrected chi connectivity index (χ4v) is 15.7. The highest BCUT2D eigenvalue weighted by atomic mass is 16.6. The fraction of sp³-hybridized carbons (Fsp3) is 0.350. The lowest BCUT2D eigenvalue weighted by atomic mass is 9.93. The van der Waals surface area contributed by atoms with E-state index in [4.69, 9.17) is 85.3 Å². The minimum Gasteiger partial charge on any atom is -0.494 e. The number of rotatable bonds is 66. The number of hydrogen-bond donors (Lipinski definition) is 0. The van der Waals surface area contributed by atoms with Gasteiger partial charge in [0, 0.05) is 36.5 Å². The highest BCUT2D eigenvalue weighted by Gasteiger charge is 2.29. The van der Waals surface area contributed by atoms with Crippen LogP contribution in [-0.2, 0) is 57.2 Å². The molecule has 0 bridgehead atoms. The highest BCUT2D eigenvalue weighted by Crippen LogP contribution is 2.49. The summed E-state index contributed by atoms with van der Waals surface area (Å²) in [4.78, 5) is 161. The van der Waals surface area contributed by atoms with E-state index >= 15 is 28.8 Å². The minimum atomic E-state index is -0.943. The van der Waals surface area contributed by atoms with Crippen LogP contribution in [0.25, 0.3) is 32.3 Å². The Morgan fingerprint density at radius 3 is 0.440 bits per heavy atom. The van der Waals surface area contributed by atoms with Crippen molar-refractivity contribution in [2.75, 3.05) is 79.3 Å². The van der Waals surface area contributed by atoms with Gasteiger partial charge in [0.1, 0.15) is 34.5 Å². The molecule has 6 atom stereocenters. The second-order valence-corrected chi connectivity index (χ2v) is 36.6. The molecule has 0 aromatic heterocycles. The molecule has 0 saturated carbocycles. The summed E-state index contributed by atoms with van der Waals surface area (Å²) < 4.78 is 106. The van der Waals surface area contributed by atoms with Crippen molar-refractivity contribution in [3.63, 3.8) is 0 Å². The summed E-state index contributed by atoms with van der Waals surface area (Å²) in [5, 5.41) is 0.965. The highest BCUT2D eigenvalue weighted by molar-refractivity contribution is 6.27. The van der Waals surface area contributed by atoms with E-state index in [1.807, 2.05) is 41.5 Å². The summed E-state index contributed by atoms with van der Waals surface area (Å²) in [5.74, 6) is -7.01. The maximum Gasteiger partial charge on any atom is 0.343 e. The fourth-order valence-electron chi connectivity index (χ4n) is 15.7. The summed E-state index contributed by atoms with van der Waals surface area (Å²) in [6.07, 6.45) is 18.9. The molecule has 0 fully saturated rings. The Morgan fingerprint density at radius 1 is 0.193 bits per heavy atom. The van der Waals surface area contributed by atoms with Crippen molar-refractivity contribution in [1.82, 2.24) is 0 Å². The van der Waals surface area contributed by atoms with Gasteiger partial charge in [-0.2, -0.15) is 0 Å². The predicted molar refractivity (Wildman–Crippen MR) is 565 cm³/mol. The molecule has 30 heteroatoms. The number of benzene rings is 10. The van der Waals surface area contributed by atoms with Gasteiger partial charge in [-0.3, -0.25) is 0 Å². The first-order chi connectivity index (χ1) is 72.5. The molecule has 0 heterocycles. The van der Waals surface area contributed by atoms with Gasteiger partial charge in [0.25, 0.3) is 0 Å². The molecule has 0 radical (unpaired) electrons. The Kier molecular flexibility index (Phi) is 47.4. The summed E-state index contributed by atoms with van der Waals surface area (Å²) in [7, 11) is 0. The van der Waals surface area contributed by atoms with Crippen LogP contribution in [0.5, 0.6) is 69.0 Å². The smallest absolute Gasteiger partial charge is 0.343 e. The number of esters is 12. The summed E-state index contributed by atoms with van der Waals surface area (Å²) in [6.45, 7) is 36.2. The van der Waals surface area contributed by atoms with Crippen LogP contribution in [0.15, 0.2) is 258 Å². The SMILES string of the molecule is C=CC(=O)OCCC(C)CCCOc1ccc(C(=O)Oc2cc3c4cc(OC(=O)c5ccc(OCCCC(C)CCOC(=O)C=C)cc5)c(OC(=O)c5ccc(OCCCC(C)CCOC(=O)C=C)cc5)cc4c4cc(OC(=O)c5ccc(OCCC[C@H](C)CCOC(=O)C=C)cc5)c(OC(=O)c5ccc(OCCCC(C)CCOC(=O)C=C)cc5)cc4c3cc2OC(=O)c2ccc(OCCCC(C)CCOC(=O)C=C)cc2)cc1. The van der Waals surface area contributed by atoms with E-state index in [2.05, 4.69) is 39.5 Å². The molecular weight excluding hydrogens is 1920 g/mol. The lowest BCUT2D eigenvalue weighted by Gasteiger charge is -2.19. The van der Waals surface area contributed by atoms with E-state index in [0.29, 0.717) is 151 Å². The number of ether oxygens (including phenoxy) is 18. The Morgan fingerprint density at radius 2 is 0.320 bits per heavy atom. The van der Waals surface area contributed by atoms with Gasteiger partial charge in [0.2, 0.25) is 0 Å². The minimum absolute atomic E-state index is 0.0200. The normalized spacial score (nSPS) is 12.1. The molecule has 792 valence electrons. The standard InChI is InChI=1S/C120H132O30/c1-13-109(121)139-67-55-79(7)25-19-61-133-91-43-31-85(32-44-91)115(127)145-103-73-97-98(74-104(103)146-116(128)86-33-45-92(46-34-86)134-62-20-26-80(8)56-68-140-110(122)14-2)100-76-106(148-118(130)88-37-49-94(50-38-88)136-64-22-28-82(10)58-70-142-112(124)16-4)108(150-120(132)90-41-53-96(54-42-90)138-66-24-30-84(12)60-72-144-114(126)18-6)78-102(100)101-77-107(149-119(131)89-39-51-95(52-40-89)137-65-23-29-83(11)59-71-143-113(125)17-5)105(75-99(97)101)147-117(129)87-35-47-93(48-36-87)135-63-21-27-81(9)57-69-141-111(123)15-3/h13-18,31-54,73-84H,1-6,19-30,55-72H2,7-12H3/t79-,80?,81?,82?,83?,84?/m0/s1. The second-order valence-electron chi connectivity index (χ2n) is 36.6. The molecule has 10 aromatic carbocycles. The zero-order chi connectivity index (χ0) is 108. The Hall–Kier alpha value is -16.1. The maximum atomic E-state index is 15.1. The van der Waals surface area contributed by atoms with E-state index < -0.39 is 71.6 Å². The maximum absolute atomic E-state index is 15.1. The number of carbonyl (C=O) groups excluding carboxylic acids is 12. The second kappa shape index (κ2) is 61.5. The average molecular weight is 2050 g/mol. The van der Waals surface area contributed by atoms with Crippen molar-refractivity contribution in [1.29, 1.82) is 0 Å². The third kappa shape index (κ3) is 38.6. The third-order valence-electron chi connectivity index (χ3n) is 24.7. The molecular formula is C120H132O30. The van der Waals surface area contributed by atoms with Gasteiger partial charge in [0.15, 0.2) is 34.5 Å². The van der Waals surface area contributed by atoms with Gasteiger partial charge < -0.3 is 85.3 Å². The number of hydrogen-bond acceptors (Lipinski definition) is 30. The lowest BCUT2D eigenvalue weighted by Crippen LogP contribution is -2.14. The first-order valence-electron chi connectivity index (χ1n) is 50.5. The van der Waals surface area contributed by atoms with Gasteiger partial charge in [0.05, 0.1) is 113 Å². The van der Waals surface area contributed by atoms with Gasteiger partial charge in [-0.1, -0.05) is 81.0 Å². The van der Waals surface area contributed by atoms with Gasteiger partial charge in [-0.15, -0.1) is 0 Å². The predicted octanol–water partition coefficient (Wildman–Crippen LogP) is 23.9. The van der Waals surface area contributed by atoms with Gasteiger partial charge >= 0.3 is 71.6 Å². The van der Waals surface area contributed by atoms with Crippen molar-refractivity contribution >= 4 is 104 Å². The average Bonchev–Trinajstić information content (AvgIpc) is 0.719. The van der Waals surface area contributed by atoms with Crippen molar-refractivity contribution in [3.8, 4) is 69.0 Å². The Bertz CT molecular complexity index is 5270. The molecule has 0 N–H and O–H groups in total. The van der Waals surface area contributed by atoms with Crippen LogP contribution >= 0.6 is 0 Å². The van der Waals surface area contributed by atoms with E-state index in [0.717, 1.165) is 75.0 Å². The molecule has 0 aliphatic rings. The van der Waals surface area contributed by atoms with Crippen LogP contribution in [0.1, 0.15) is 219 Å². The van der Waals surface area contributed by atoms with Crippen LogP contribution in [0.4, 0.5) is 0 Å². The Balaban J connectivity index is 1.11. The Labute approximate surface area is 874 Å². The molecule has 10 aromatic rings. The van der Waals surface area contributed by atoms with E-state index in [-0.39, 0.29) is 175 Å². The largest absolute Gasteiger partial charge is 0.494 e. The summed E-state index contributed by atoms with van der Waals surface area (Å²) >= 11 is 0. The van der Waals surface area contributed by atoms with Crippen LogP contribution in [-0.4, -0.2) is 151 Å². The molecule has 0 spiro atoms. The molecule has 150 heavy (non-hydrogen) atoms. The van der Waals surface area contributed by atoms with E-state index in [9.17, 15) is 28.8 Å².